The third-order valence-corrected chi connectivity index (χ3v) is 4.25. The molecule has 0 saturated carbocycles. The number of aromatic nitrogens is 1. The van der Waals surface area contributed by atoms with E-state index >= 15 is 0 Å². The van der Waals surface area contributed by atoms with Gasteiger partial charge in [0, 0.05) is 11.5 Å². The zero-order valence-electron chi connectivity index (χ0n) is 16.9. The highest BCUT2D eigenvalue weighted by Crippen LogP contribution is 2.35. The average Bonchev–Trinajstić information content (AvgIpc) is 2.71. The fourth-order valence-corrected chi connectivity index (χ4v) is 2.62. The molecule has 3 rings (SSSR count). The van der Waals surface area contributed by atoms with Gasteiger partial charge in [-0.15, -0.1) is 5.17 Å². The van der Waals surface area contributed by atoms with Crippen molar-refractivity contribution in [2.75, 3.05) is 5.17 Å². The summed E-state index contributed by atoms with van der Waals surface area (Å²) in [4.78, 5) is 32.3. The van der Waals surface area contributed by atoms with Crippen LogP contribution in [0.1, 0.15) is 26.3 Å². The van der Waals surface area contributed by atoms with Crippen LogP contribution in [0.25, 0.3) is 10.9 Å². The Morgan fingerprint density at radius 1 is 1.20 bits per heavy atom. The SMILES string of the molecule is CC(C)(C)C(=O)ON(N)c1c([N+](=O)[O-])cnc2cc(OCc3ccccc3)ccc12. The highest BCUT2D eigenvalue weighted by atomic mass is 16.7. The number of nitrogens with zero attached hydrogens (tertiary/aromatic N) is 3. The monoisotopic (exact) mass is 410 g/mol. The minimum atomic E-state index is -0.840. The summed E-state index contributed by atoms with van der Waals surface area (Å²) >= 11 is 0. The van der Waals surface area contributed by atoms with Gasteiger partial charge in [-0.25, -0.2) is 15.6 Å². The van der Waals surface area contributed by atoms with E-state index in [1.807, 2.05) is 30.3 Å². The second kappa shape index (κ2) is 8.34. The number of carbonyl (C=O) groups is 1. The minimum absolute atomic E-state index is 0.0720. The number of hydrogen-bond donors (Lipinski definition) is 1. The van der Waals surface area contributed by atoms with Crippen molar-refractivity contribution in [2.24, 2.45) is 11.3 Å². The molecule has 0 bridgehead atoms. The van der Waals surface area contributed by atoms with E-state index in [1.54, 1.807) is 39.0 Å². The molecule has 0 amide bonds. The van der Waals surface area contributed by atoms with E-state index in [4.69, 9.17) is 15.4 Å². The molecular formula is C21H22N4O5. The largest absolute Gasteiger partial charge is 0.489 e. The van der Waals surface area contributed by atoms with Crippen molar-refractivity contribution in [2.45, 2.75) is 27.4 Å². The molecule has 0 aliphatic heterocycles. The van der Waals surface area contributed by atoms with Crippen LogP contribution in [0.5, 0.6) is 5.75 Å². The van der Waals surface area contributed by atoms with Gasteiger partial charge in [-0.2, -0.15) is 0 Å². The number of hydrazine groups is 1. The van der Waals surface area contributed by atoms with Crippen LogP contribution in [0, 0.1) is 15.5 Å². The van der Waals surface area contributed by atoms with E-state index in [2.05, 4.69) is 4.98 Å². The van der Waals surface area contributed by atoms with E-state index < -0.39 is 16.3 Å². The Bertz CT molecular complexity index is 1080. The molecule has 0 saturated heterocycles. The van der Waals surface area contributed by atoms with Gasteiger partial charge in [-0.3, -0.25) is 10.1 Å². The third-order valence-electron chi connectivity index (χ3n) is 4.25. The molecule has 1 aromatic heterocycles. The van der Waals surface area contributed by atoms with Crippen molar-refractivity contribution < 1.29 is 19.3 Å². The van der Waals surface area contributed by atoms with Crippen LogP contribution >= 0.6 is 0 Å². The standard InChI is InChI=1S/C21H22N4O5/c1-21(2,3)20(26)30-24(22)19-16-10-9-15(29-13-14-7-5-4-6-8-14)11-17(16)23-12-18(19)25(27)28/h4-12H,13,22H2,1-3H3. The highest BCUT2D eigenvalue weighted by Gasteiger charge is 2.29. The summed E-state index contributed by atoms with van der Waals surface area (Å²) in [5.41, 5.74) is 0.107. The quantitative estimate of drug-likeness (QED) is 0.369. The molecule has 0 aliphatic rings. The smallest absolute Gasteiger partial charge is 0.339 e. The molecule has 0 spiro atoms. The Kier molecular flexibility index (Phi) is 5.84. The predicted octanol–water partition coefficient (Wildman–Crippen LogP) is 3.91. The molecule has 156 valence electrons. The number of nitrogens with two attached hydrogens (primary N) is 1. The third kappa shape index (κ3) is 4.64. The molecule has 0 atom stereocenters. The van der Waals surface area contributed by atoms with Crippen molar-refractivity contribution in [3.63, 3.8) is 0 Å². The summed E-state index contributed by atoms with van der Waals surface area (Å²) in [6.07, 6.45) is 1.07. The fourth-order valence-electron chi connectivity index (χ4n) is 2.62. The lowest BCUT2D eigenvalue weighted by atomic mass is 9.98. The number of pyridine rings is 1. The number of anilines is 1. The summed E-state index contributed by atoms with van der Waals surface area (Å²) in [7, 11) is 0. The van der Waals surface area contributed by atoms with Crippen LogP contribution in [-0.4, -0.2) is 15.9 Å². The van der Waals surface area contributed by atoms with Crippen molar-refractivity contribution in [1.29, 1.82) is 0 Å². The number of carbonyl (C=O) groups excluding carboxylic acids is 1. The molecule has 9 heteroatoms. The van der Waals surface area contributed by atoms with Crippen LogP contribution < -0.4 is 15.8 Å². The Balaban J connectivity index is 1.94. The first-order valence-corrected chi connectivity index (χ1v) is 9.18. The summed E-state index contributed by atoms with van der Waals surface area (Å²) in [5, 5.41) is 12.5. The molecule has 0 aliphatic carbocycles. The molecule has 0 radical (unpaired) electrons. The maximum absolute atomic E-state index is 12.2. The van der Waals surface area contributed by atoms with Gasteiger partial charge in [-0.1, -0.05) is 30.3 Å². The Morgan fingerprint density at radius 3 is 2.53 bits per heavy atom. The first kappa shape index (κ1) is 21.0. The second-order valence-electron chi connectivity index (χ2n) is 7.66. The molecule has 1 heterocycles. The summed E-state index contributed by atoms with van der Waals surface area (Å²) in [6.45, 7) is 5.31. The zero-order chi connectivity index (χ0) is 21.9. The van der Waals surface area contributed by atoms with Crippen LogP contribution in [0.4, 0.5) is 11.4 Å². The number of ether oxygens (including phenoxy) is 1. The number of rotatable bonds is 6. The molecule has 2 aromatic carbocycles. The molecular weight excluding hydrogens is 388 g/mol. The van der Waals surface area contributed by atoms with E-state index in [0.717, 1.165) is 11.8 Å². The zero-order valence-corrected chi connectivity index (χ0v) is 16.9. The lowest BCUT2D eigenvalue weighted by Gasteiger charge is -2.23. The van der Waals surface area contributed by atoms with Crippen LogP contribution in [0.15, 0.2) is 54.7 Å². The van der Waals surface area contributed by atoms with Crippen molar-refractivity contribution in [1.82, 2.24) is 4.98 Å². The fraction of sp³-hybridized carbons (Fsp3) is 0.238. The first-order valence-electron chi connectivity index (χ1n) is 9.18. The first-order chi connectivity index (χ1) is 14.2. The van der Waals surface area contributed by atoms with Crippen molar-refractivity contribution >= 4 is 28.2 Å². The second-order valence-corrected chi connectivity index (χ2v) is 7.66. The maximum atomic E-state index is 12.2. The molecule has 0 unspecified atom stereocenters. The Morgan fingerprint density at radius 2 is 1.90 bits per heavy atom. The molecule has 0 fully saturated rings. The lowest BCUT2D eigenvalue weighted by molar-refractivity contribution is -0.384. The molecule has 9 nitrogen and oxygen atoms in total. The van der Waals surface area contributed by atoms with Gasteiger partial charge in [0.1, 0.15) is 18.6 Å². The van der Waals surface area contributed by atoms with Gasteiger partial charge >= 0.3 is 11.7 Å². The minimum Gasteiger partial charge on any atom is -0.489 e. The molecule has 2 N–H and O–H groups in total. The number of hydrogen-bond acceptors (Lipinski definition) is 8. The van der Waals surface area contributed by atoms with E-state index in [9.17, 15) is 14.9 Å². The van der Waals surface area contributed by atoms with Crippen molar-refractivity contribution in [3.05, 3.63) is 70.4 Å². The highest BCUT2D eigenvalue weighted by molar-refractivity contribution is 5.96. The van der Waals surface area contributed by atoms with E-state index in [-0.39, 0.29) is 11.4 Å². The summed E-state index contributed by atoms with van der Waals surface area (Å²) in [6, 6.07) is 14.5. The number of nitro groups is 1. The molecule has 3 aromatic rings. The summed E-state index contributed by atoms with van der Waals surface area (Å²) in [5.74, 6) is 5.80. The average molecular weight is 410 g/mol. The van der Waals surface area contributed by atoms with Crippen molar-refractivity contribution in [3.8, 4) is 5.75 Å². The van der Waals surface area contributed by atoms with E-state index in [0.29, 0.717) is 28.4 Å². The van der Waals surface area contributed by atoms with Gasteiger partial charge in [0.15, 0.2) is 5.69 Å². The van der Waals surface area contributed by atoms with Crippen LogP contribution in [0.2, 0.25) is 0 Å². The Hall–Kier alpha value is -3.72. The number of fused-ring (bicyclic) bond motifs is 1. The molecule has 30 heavy (non-hydrogen) atoms. The lowest BCUT2D eigenvalue weighted by Crippen LogP contribution is -2.38. The van der Waals surface area contributed by atoms with E-state index in [1.165, 1.54) is 0 Å². The van der Waals surface area contributed by atoms with Gasteiger partial charge in [0.2, 0.25) is 0 Å². The normalized spacial score (nSPS) is 11.2. The predicted molar refractivity (Wildman–Crippen MR) is 111 cm³/mol. The van der Waals surface area contributed by atoms with Crippen LogP contribution in [-0.2, 0) is 16.2 Å². The van der Waals surface area contributed by atoms with Crippen LogP contribution in [0.3, 0.4) is 0 Å². The van der Waals surface area contributed by atoms with Gasteiger partial charge in [0.25, 0.3) is 0 Å². The number of benzene rings is 2. The Labute approximate surface area is 173 Å². The topological polar surface area (TPSA) is 121 Å². The van der Waals surface area contributed by atoms with Gasteiger partial charge in [0.05, 0.1) is 15.9 Å². The maximum Gasteiger partial charge on any atom is 0.339 e. The van der Waals surface area contributed by atoms with Gasteiger partial charge < -0.3 is 9.57 Å². The van der Waals surface area contributed by atoms with Gasteiger partial charge in [-0.05, 0) is 38.5 Å². The summed E-state index contributed by atoms with van der Waals surface area (Å²) < 4.78 is 5.78.